The summed E-state index contributed by atoms with van der Waals surface area (Å²) in [5, 5.41) is 12.6. The first-order chi connectivity index (χ1) is 8.08. The van der Waals surface area contributed by atoms with Gasteiger partial charge < -0.3 is 10.4 Å². The predicted octanol–water partition coefficient (Wildman–Crippen LogP) is 2.88. The lowest BCUT2D eigenvalue weighted by molar-refractivity contribution is 0.200. The van der Waals surface area contributed by atoms with Gasteiger partial charge in [-0.1, -0.05) is 26.0 Å². The highest BCUT2D eigenvalue weighted by Crippen LogP contribution is 2.19. The highest BCUT2D eigenvalue weighted by Gasteiger charge is 2.16. The first-order valence-electron chi connectivity index (χ1n) is 6.20. The smallest absolute Gasteiger partial charge is 0.123 e. The van der Waals surface area contributed by atoms with E-state index in [0.29, 0.717) is 0 Å². The molecule has 0 heterocycles. The summed E-state index contributed by atoms with van der Waals surface area (Å²) in [6, 6.07) is 7.04. The van der Waals surface area contributed by atoms with Crippen LogP contribution in [0.5, 0.6) is 0 Å². The topological polar surface area (TPSA) is 32.3 Å². The Morgan fingerprint density at radius 1 is 1.24 bits per heavy atom. The van der Waals surface area contributed by atoms with Crippen molar-refractivity contribution in [1.29, 1.82) is 0 Å². The van der Waals surface area contributed by atoms with Crippen molar-refractivity contribution in [3.05, 3.63) is 35.6 Å². The van der Waals surface area contributed by atoms with Crippen LogP contribution in [0.2, 0.25) is 0 Å². The van der Waals surface area contributed by atoms with Crippen LogP contribution in [-0.4, -0.2) is 17.8 Å². The van der Waals surface area contributed by atoms with Crippen molar-refractivity contribution in [2.24, 2.45) is 5.92 Å². The molecule has 0 aliphatic rings. The van der Waals surface area contributed by atoms with Crippen LogP contribution < -0.4 is 5.32 Å². The Morgan fingerprint density at radius 2 is 1.82 bits per heavy atom. The van der Waals surface area contributed by atoms with Crippen molar-refractivity contribution < 1.29 is 9.50 Å². The Hall–Kier alpha value is -0.930. The molecule has 2 N–H and O–H groups in total. The maximum absolute atomic E-state index is 12.8. The van der Waals surface area contributed by atoms with Crippen LogP contribution in [0, 0.1) is 11.7 Å². The molecule has 3 heteroatoms. The molecule has 0 saturated carbocycles. The summed E-state index contributed by atoms with van der Waals surface area (Å²) in [5.41, 5.74) is 1.09. The SMILES string of the molecule is CCC(NC(C)C(C)CO)c1ccc(F)cc1. The normalized spacial score (nSPS) is 16.5. The van der Waals surface area contributed by atoms with Gasteiger partial charge in [0.2, 0.25) is 0 Å². The van der Waals surface area contributed by atoms with Crippen molar-refractivity contribution >= 4 is 0 Å². The molecule has 17 heavy (non-hydrogen) atoms. The largest absolute Gasteiger partial charge is 0.396 e. The summed E-state index contributed by atoms with van der Waals surface area (Å²) in [6.45, 7) is 6.34. The fourth-order valence-electron chi connectivity index (χ4n) is 1.78. The summed E-state index contributed by atoms with van der Waals surface area (Å²) in [4.78, 5) is 0. The van der Waals surface area contributed by atoms with E-state index >= 15 is 0 Å². The van der Waals surface area contributed by atoms with Gasteiger partial charge in [0, 0.05) is 18.7 Å². The zero-order valence-electron chi connectivity index (χ0n) is 10.8. The Kier molecular flexibility index (Phi) is 5.59. The Bertz CT molecular complexity index is 325. The summed E-state index contributed by atoms with van der Waals surface area (Å²) in [7, 11) is 0. The van der Waals surface area contributed by atoms with Crippen molar-refractivity contribution in [2.45, 2.75) is 39.3 Å². The summed E-state index contributed by atoms with van der Waals surface area (Å²) >= 11 is 0. The van der Waals surface area contributed by atoms with Crippen molar-refractivity contribution in [2.75, 3.05) is 6.61 Å². The number of hydrogen-bond donors (Lipinski definition) is 2. The number of benzene rings is 1. The van der Waals surface area contributed by atoms with Gasteiger partial charge in [0.25, 0.3) is 0 Å². The lowest BCUT2D eigenvalue weighted by Gasteiger charge is -2.26. The van der Waals surface area contributed by atoms with Gasteiger partial charge in [0.1, 0.15) is 5.82 Å². The monoisotopic (exact) mass is 239 g/mol. The van der Waals surface area contributed by atoms with E-state index in [0.717, 1.165) is 12.0 Å². The van der Waals surface area contributed by atoms with Crippen LogP contribution in [0.25, 0.3) is 0 Å². The van der Waals surface area contributed by atoms with Gasteiger partial charge in [0.05, 0.1) is 0 Å². The molecule has 2 nitrogen and oxygen atoms in total. The zero-order chi connectivity index (χ0) is 12.8. The van der Waals surface area contributed by atoms with Crippen molar-refractivity contribution in [3.63, 3.8) is 0 Å². The third kappa shape index (κ3) is 4.10. The molecule has 0 aliphatic carbocycles. The lowest BCUT2D eigenvalue weighted by atomic mass is 9.99. The van der Waals surface area contributed by atoms with E-state index in [2.05, 4.69) is 19.2 Å². The van der Waals surface area contributed by atoms with Crippen molar-refractivity contribution in [3.8, 4) is 0 Å². The van der Waals surface area contributed by atoms with E-state index in [1.165, 1.54) is 12.1 Å². The Labute approximate surface area is 103 Å². The molecule has 1 aromatic carbocycles. The molecule has 0 fully saturated rings. The third-order valence-corrected chi connectivity index (χ3v) is 3.29. The molecule has 0 saturated heterocycles. The minimum Gasteiger partial charge on any atom is -0.396 e. The van der Waals surface area contributed by atoms with E-state index in [9.17, 15) is 4.39 Å². The maximum atomic E-state index is 12.8. The molecule has 3 atom stereocenters. The van der Waals surface area contributed by atoms with Gasteiger partial charge in [0.15, 0.2) is 0 Å². The zero-order valence-corrected chi connectivity index (χ0v) is 10.8. The molecule has 0 aliphatic heterocycles. The van der Waals surface area contributed by atoms with Crippen LogP contribution in [-0.2, 0) is 0 Å². The highest BCUT2D eigenvalue weighted by atomic mass is 19.1. The van der Waals surface area contributed by atoms with Crippen LogP contribution in [0.3, 0.4) is 0 Å². The van der Waals surface area contributed by atoms with E-state index in [4.69, 9.17) is 5.11 Å². The van der Waals surface area contributed by atoms with E-state index in [-0.39, 0.29) is 30.4 Å². The molecular formula is C14H22FNO. The van der Waals surface area contributed by atoms with Crippen LogP contribution in [0.15, 0.2) is 24.3 Å². The van der Waals surface area contributed by atoms with Gasteiger partial charge in [-0.3, -0.25) is 0 Å². The van der Waals surface area contributed by atoms with Gasteiger partial charge in [-0.2, -0.15) is 0 Å². The highest BCUT2D eigenvalue weighted by molar-refractivity contribution is 5.19. The van der Waals surface area contributed by atoms with Crippen LogP contribution >= 0.6 is 0 Å². The number of nitrogens with one attached hydrogen (secondary N) is 1. The summed E-state index contributed by atoms with van der Waals surface area (Å²) in [6.07, 6.45) is 0.939. The molecule has 96 valence electrons. The molecule has 0 bridgehead atoms. The average molecular weight is 239 g/mol. The number of aliphatic hydroxyl groups is 1. The summed E-state index contributed by atoms with van der Waals surface area (Å²) < 4.78 is 12.8. The molecule has 0 amide bonds. The minimum absolute atomic E-state index is 0.175. The van der Waals surface area contributed by atoms with E-state index in [1.54, 1.807) is 0 Å². The molecule has 0 spiro atoms. The third-order valence-electron chi connectivity index (χ3n) is 3.29. The molecule has 1 rings (SSSR count). The first-order valence-corrected chi connectivity index (χ1v) is 6.20. The van der Waals surface area contributed by atoms with Crippen LogP contribution in [0.4, 0.5) is 4.39 Å². The predicted molar refractivity (Wildman–Crippen MR) is 68.3 cm³/mol. The second kappa shape index (κ2) is 6.72. The van der Waals surface area contributed by atoms with Gasteiger partial charge in [-0.15, -0.1) is 0 Å². The second-order valence-corrected chi connectivity index (χ2v) is 4.63. The average Bonchev–Trinajstić information content (AvgIpc) is 2.35. The van der Waals surface area contributed by atoms with Gasteiger partial charge in [-0.05, 0) is 37.0 Å². The summed E-state index contributed by atoms with van der Waals surface area (Å²) in [5.74, 6) is 0.00451. The maximum Gasteiger partial charge on any atom is 0.123 e. The standard InChI is InChI=1S/C14H22FNO/c1-4-14(16-11(3)10(2)9-17)12-5-7-13(15)8-6-12/h5-8,10-11,14,16-17H,4,9H2,1-3H3. The van der Waals surface area contributed by atoms with E-state index in [1.807, 2.05) is 19.1 Å². The fourth-order valence-corrected chi connectivity index (χ4v) is 1.78. The molecule has 1 aromatic rings. The molecular weight excluding hydrogens is 217 g/mol. The fraction of sp³-hybridized carbons (Fsp3) is 0.571. The minimum atomic E-state index is -0.208. The van der Waals surface area contributed by atoms with Gasteiger partial charge in [-0.25, -0.2) is 4.39 Å². The van der Waals surface area contributed by atoms with E-state index < -0.39 is 0 Å². The van der Waals surface area contributed by atoms with Crippen LogP contribution in [0.1, 0.15) is 38.8 Å². The molecule has 3 unspecified atom stereocenters. The quantitative estimate of drug-likeness (QED) is 0.800. The number of halogens is 1. The number of hydrogen-bond acceptors (Lipinski definition) is 2. The number of rotatable bonds is 6. The molecule has 0 radical (unpaired) electrons. The Balaban J connectivity index is 2.68. The van der Waals surface area contributed by atoms with Gasteiger partial charge >= 0.3 is 0 Å². The first kappa shape index (κ1) is 14.1. The van der Waals surface area contributed by atoms with Crippen molar-refractivity contribution in [1.82, 2.24) is 5.32 Å². The lowest BCUT2D eigenvalue weighted by Crippen LogP contribution is -2.36. The second-order valence-electron chi connectivity index (χ2n) is 4.63. The molecule has 0 aromatic heterocycles. The number of aliphatic hydroxyl groups excluding tert-OH is 1. The Morgan fingerprint density at radius 3 is 2.29 bits per heavy atom.